The average molecular weight is 211 g/mol. The zero-order valence-electron chi connectivity index (χ0n) is 8.66. The number of aromatic hydroxyl groups is 1. The third kappa shape index (κ3) is 3.24. The Kier molecular flexibility index (Phi) is 4.84. The van der Waals surface area contributed by atoms with Gasteiger partial charge in [-0.15, -0.1) is 0 Å². The predicted octanol–water partition coefficient (Wildman–Crippen LogP) is 2.41. The molecule has 1 atom stereocenters. The van der Waals surface area contributed by atoms with Gasteiger partial charge in [0.25, 0.3) is 0 Å². The number of phenols is 1. The summed E-state index contributed by atoms with van der Waals surface area (Å²) in [4.78, 5) is 0. The molecule has 1 rings (SSSR count). The van der Waals surface area contributed by atoms with Gasteiger partial charge >= 0.3 is 0 Å². The van der Waals surface area contributed by atoms with Gasteiger partial charge in [-0.1, -0.05) is 18.2 Å². The summed E-state index contributed by atoms with van der Waals surface area (Å²) in [6.07, 6.45) is 0. The van der Waals surface area contributed by atoms with E-state index < -0.39 is 0 Å². The van der Waals surface area contributed by atoms with Gasteiger partial charge in [0.05, 0.1) is 0 Å². The molecule has 0 aromatic heterocycles. The standard InChI is InChI=1S/C11H17NOS/c1-9(14-8-7-12-2)10-5-3-4-6-11(10)13/h3-6,9,12-13H,7-8H2,1-2H3. The van der Waals surface area contributed by atoms with Crippen molar-refractivity contribution in [3.63, 3.8) is 0 Å². The fourth-order valence-corrected chi connectivity index (χ4v) is 2.31. The van der Waals surface area contributed by atoms with Crippen LogP contribution in [0.15, 0.2) is 24.3 Å². The SMILES string of the molecule is CNCCSC(C)c1ccccc1O. The van der Waals surface area contributed by atoms with Crippen LogP contribution in [-0.4, -0.2) is 24.5 Å². The molecule has 3 heteroatoms. The van der Waals surface area contributed by atoms with E-state index in [4.69, 9.17) is 0 Å². The van der Waals surface area contributed by atoms with Crippen LogP contribution in [0.1, 0.15) is 17.7 Å². The number of rotatable bonds is 5. The van der Waals surface area contributed by atoms with Crippen molar-refractivity contribution in [2.45, 2.75) is 12.2 Å². The molecule has 2 nitrogen and oxygen atoms in total. The monoisotopic (exact) mass is 211 g/mol. The molecule has 0 bridgehead atoms. The smallest absolute Gasteiger partial charge is 0.119 e. The second-order valence-corrected chi connectivity index (χ2v) is 4.62. The predicted molar refractivity (Wildman–Crippen MR) is 62.9 cm³/mol. The lowest BCUT2D eigenvalue weighted by Crippen LogP contribution is -2.10. The Morgan fingerprint density at radius 2 is 2.14 bits per heavy atom. The minimum absolute atomic E-state index is 0.351. The molecule has 0 radical (unpaired) electrons. The van der Waals surface area contributed by atoms with Crippen LogP contribution in [-0.2, 0) is 0 Å². The lowest BCUT2D eigenvalue weighted by molar-refractivity contribution is 0.468. The molecule has 0 aliphatic carbocycles. The largest absolute Gasteiger partial charge is 0.508 e. The van der Waals surface area contributed by atoms with E-state index in [1.807, 2.05) is 37.0 Å². The highest BCUT2D eigenvalue weighted by molar-refractivity contribution is 7.99. The van der Waals surface area contributed by atoms with Crippen molar-refractivity contribution in [3.05, 3.63) is 29.8 Å². The van der Waals surface area contributed by atoms with Crippen molar-refractivity contribution in [3.8, 4) is 5.75 Å². The van der Waals surface area contributed by atoms with Gasteiger partial charge in [0, 0.05) is 23.1 Å². The van der Waals surface area contributed by atoms with E-state index in [0.29, 0.717) is 11.0 Å². The molecule has 0 fully saturated rings. The Bertz CT molecular complexity index is 278. The molecule has 0 saturated carbocycles. The van der Waals surface area contributed by atoms with Gasteiger partial charge in [-0.3, -0.25) is 0 Å². The van der Waals surface area contributed by atoms with Crippen LogP contribution >= 0.6 is 11.8 Å². The molecule has 14 heavy (non-hydrogen) atoms. The quantitative estimate of drug-likeness (QED) is 0.734. The third-order valence-corrected chi connectivity index (χ3v) is 3.29. The zero-order chi connectivity index (χ0) is 10.4. The summed E-state index contributed by atoms with van der Waals surface area (Å²) in [5.74, 6) is 1.46. The zero-order valence-corrected chi connectivity index (χ0v) is 9.47. The first kappa shape index (κ1) is 11.4. The first-order valence-electron chi connectivity index (χ1n) is 4.79. The highest BCUT2D eigenvalue weighted by atomic mass is 32.2. The van der Waals surface area contributed by atoms with Crippen molar-refractivity contribution < 1.29 is 5.11 Å². The van der Waals surface area contributed by atoms with Crippen molar-refractivity contribution in [1.29, 1.82) is 0 Å². The highest BCUT2D eigenvalue weighted by Gasteiger charge is 2.08. The van der Waals surface area contributed by atoms with E-state index in [1.54, 1.807) is 6.07 Å². The summed E-state index contributed by atoms with van der Waals surface area (Å²) in [5, 5.41) is 13.1. The minimum atomic E-state index is 0.351. The minimum Gasteiger partial charge on any atom is -0.508 e. The lowest BCUT2D eigenvalue weighted by Gasteiger charge is -2.12. The molecule has 0 heterocycles. The molecule has 0 aliphatic rings. The highest BCUT2D eigenvalue weighted by Crippen LogP contribution is 2.33. The Labute approximate surface area is 89.7 Å². The van der Waals surface area contributed by atoms with Crippen LogP contribution in [0.5, 0.6) is 5.75 Å². The van der Waals surface area contributed by atoms with E-state index >= 15 is 0 Å². The lowest BCUT2D eigenvalue weighted by atomic mass is 10.1. The number of phenolic OH excluding ortho intramolecular Hbond substituents is 1. The number of para-hydroxylation sites is 1. The fraction of sp³-hybridized carbons (Fsp3) is 0.455. The van der Waals surface area contributed by atoms with Crippen molar-refractivity contribution >= 4 is 11.8 Å². The van der Waals surface area contributed by atoms with E-state index in [0.717, 1.165) is 17.9 Å². The first-order chi connectivity index (χ1) is 6.75. The Morgan fingerprint density at radius 3 is 2.79 bits per heavy atom. The van der Waals surface area contributed by atoms with Crippen LogP contribution < -0.4 is 5.32 Å². The molecular formula is C11H17NOS. The van der Waals surface area contributed by atoms with Gasteiger partial charge in [0.15, 0.2) is 0 Å². The summed E-state index contributed by atoms with van der Waals surface area (Å²) in [6, 6.07) is 7.53. The number of thioether (sulfide) groups is 1. The van der Waals surface area contributed by atoms with E-state index in [1.165, 1.54) is 0 Å². The molecule has 78 valence electrons. The molecule has 1 unspecified atom stereocenters. The van der Waals surface area contributed by atoms with Crippen LogP contribution in [0.4, 0.5) is 0 Å². The van der Waals surface area contributed by atoms with Gasteiger partial charge in [-0.25, -0.2) is 0 Å². The molecule has 0 saturated heterocycles. The maximum absolute atomic E-state index is 9.61. The van der Waals surface area contributed by atoms with E-state index in [9.17, 15) is 5.11 Å². The Hall–Kier alpha value is -0.670. The van der Waals surface area contributed by atoms with Gasteiger partial charge in [0.2, 0.25) is 0 Å². The van der Waals surface area contributed by atoms with Gasteiger partial charge < -0.3 is 10.4 Å². The van der Waals surface area contributed by atoms with Crippen LogP contribution in [0.25, 0.3) is 0 Å². The van der Waals surface area contributed by atoms with Gasteiger partial charge in [-0.05, 0) is 20.0 Å². The molecule has 2 N–H and O–H groups in total. The Morgan fingerprint density at radius 1 is 1.43 bits per heavy atom. The Balaban J connectivity index is 2.51. The van der Waals surface area contributed by atoms with Gasteiger partial charge in [0.1, 0.15) is 5.75 Å². The molecular weight excluding hydrogens is 194 g/mol. The van der Waals surface area contributed by atoms with Crippen LogP contribution in [0.3, 0.4) is 0 Å². The maximum atomic E-state index is 9.61. The number of hydrogen-bond donors (Lipinski definition) is 2. The van der Waals surface area contributed by atoms with Crippen molar-refractivity contribution in [2.75, 3.05) is 19.3 Å². The second-order valence-electron chi connectivity index (χ2n) is 3.18. The van der Waals surface area contributed by atoms with Crippen LogP contribution in [0, 0.1) is 0 Å². The number of nitrogens with one attached hydrogen (secondary N) is 1. The molecule has 0 aliphatic heterocycles. The average Bonchev–Trinajstić information content (AvgIpc) is 2.18. The molecule has 0 amide bonds. The molecule has 1 aromatic carbocycles. The summed E-state index contributed by atoms with van der Waals surface area (Å²) in [5.41, 5.74) is 1.02. The van der Waals surface area contributed by atoms with Crippen molar-refractivity contribution in [2.24, 2.45) is 0 Å². The first-order valence-corrected chi connectivity index (χ1v) is 5.84. The van der Waals surface area contributed by atoms with Crippen LogP contribution in [0.2, 0.25) is 0 Å². The third-order valence-electron chi connectivity index (χ3n) is 2.09. The normalized spacial score (nSPS) is 12.7. The van der Waals surface area contributed by atoms with E-state index in [2.05, 4.69) is 12.2 Å². The fourth-order valence-electron chi connectivity index (χ4n) is 1.26. The topological polar surface area (TPSA) is 32.3 Å². The molecule has 1 aromatic rings. The number of hydrogen-bond acceptors (Lipinski definition) is 3. The maximum Gasteiger partial charge on any atom is 0.119 e. The van der Waals surface area contributed by atoms with Gasteiger partial charge in [-0.2, -0.15) is 11.8 Å². The van der Waals surface area contributed by atoms with E-state index in [-0.39, 0.29) is 0 Å². The summed E-state index contributed by atoms with van der Waals surface area (Å²) < 4.78 is 0. The second kappa shape index (κ2) is 5.94. The summed E-state index contributed by atoms with van der Waals surface area (Å²) in [6.45, 7) is 3.12. The number of benzene rings is 1. The van der Waals surface area contributed by atoms with Crippen molar-refractivity contribution in [1.82, 2.24) is 5.32 Å². The summed E-state index contributed by atoms with van der Waals surface area (Å²) in [7, 11) is 1.95. The molecule has 0 spiro atoms. The summed E-state index contributed by atoms with van der Waals surface area (Å²) >= 11 is 1.85.